The first-order chi connectivity index (χ1) is 6.30. The molecule has 0 spiro atoms. The Morgan fingerprint density at radius 3 is 2.77 bits per heavy atom. The normalized spacial score (nSPS) is 10.1. The van der Waals surface area contributed by atoms with Crippen molar-refractivity contribution in [3.8, 4) is 0 Å². The predicted molar refractivity (Wildman–Crippen MR) is 57.4 cm³/mol. The standard InChI is InChI=1S/C9H15N3S/c1-4-5-7-11-8(10-2)6-9(12-7)13-3/h6H,4-5H2,1-3H3,(H,10,11,12). The van der Waals surface area contributed by atoms with Crippen molar-refractivity contribution in [2.75, 3.05) is 18.6 Å². The molecule has 3 nitrogen and oxygen atoms in total. The SMILES string of the molecule is CCCc1nc(NC)cc(SC)n1. The van der Waals surface area contributed by atoms with Crippen molar-refractivity contribution in [1.82, 2.24) is 9.97 Å². The second kappa shape index (κ2) is 5.07. The monoisotopic (exact) mass is 197 g/mol. The van der Waals surface area contributed by atoms with Gasteiger partial charge in [0, 0.05) is 19.5 Å². The lowest BCUT2D eigenvalue weighted by Gasteiger charge is -2.04. The highest BCUT2D eigenvalue weighted by Crippen LogP contribution is 2.15. The van der Waals surface area contributed by atoms with E-state index in [2.05, 4.69) is 22.2 Å². The van der Waals surface area contributed by atoms with Gasteiger partial charge in [0.15, 0.2) is 0 Å². The van der Waals surface area contributed by atoms with E-state index in [0.717, 1.165) is 29.5 Å². The molecule has 1 heterocycles. The Hall–Kier alpha value is -0.770. The van der Waals surface area contributed by atoms with Crippen molar-refractivity contribution in [3.63, 3.8) is 0 Å². The Kier molecular flexibility index (Phi) is 4.02. The maximum absolute atomic E-state index is 4.40. The fourth-order valence-corrected chi connectivity index (χ4v) is 1.47. The highest BCUT2D eigenvalue weighted by molar-refractivity contribution is 7.98. The number of nitrogens with zero attached hydrogens (tertiary/aromatic N) is 2. The summed E-state index contributed by atoms with van der Waals surface area (Å²) in [5.41, 5.74) is 0. The molecule has 0 aliphatic rings. The fourth-order valence-electron chi connectivity index (χ4n) is 1.04. The van der Waals surface area contributed by atoms with E-state index in [9.17, 15) is 0 Å². The van der Waals surface area contributed by atoms with E-state index in [4.69, 9.17) is 0 Å². The average Bonchev–Trinajstić information content (AvgIpc) is 2.17. The number of aromatic nitrogens is 2. The van der Waals surface area contributed by atoms with Crippen LogP contribution in [0.5, 0.6) is 0 Å². The number of rotatable bonds is 4. The summed E-state index contributed by atoms with van der Waals surface area (Å²) in [6, 6.07) is 1.96. The van der Waals surface area contributed by atoms with Crippen LogP contribution in [0.1, 0.15) is 19.2 Å². The van der Waals surface area contributed by atoms with Crippen LogP contribution in [0.4, 0.5) is 5.82 Å². The molecule has 0 unspecified atom stereocenters. The molecule has 0 saturated carbocycles. The Balaban J connectivity index is 2.93. The fraction of sp³-hybridized carbons (Fsp3) is 0.556. The lowest BCUT2D eigenvalue weighted by Crippen LogP contribution is -2.00. The summed E-state index contributed by atoms with van der Waals surface area (Å²) < 4.78 is 0. The van der Waals surface area contributed by atoms with Gasteiger partial charge in [-0.3, -0.25) is 0 Å². The molecule has 1 rings (SSSR count). The van der Waals surface area contributed by atoms with Gasteiger partial charge in [-0.2, -0.15) is 0 Å². The highest BCUT2D eigenvalue weighted by atomic mass is 32.2. The number of hydrogen-bond acceptors (Lipinski definition) is 4. The molecule has 1 aromatic rings. The predicted octanol–water partition coefficient (Wildman–Crippen LogP) is 2.19. The van der Waals surface area contributed by atoms with Gasteiger partial charge >= 0.3 is 0 Å². The van der Waals surface area contributed by atoms with Crippen molar-refractivity contribution in [1.29, 1.82) is 0 Å². The van der Waals surface area contributed by atoms with Gasteiger partial charge in [0.05, 0.1) is 0 Å². The number of anilines is 1. The van der Waals surface area contributed by atoms with E-state index in [1.54, 1.807) is 11.8 Å². The maximum Gasteiger partial charge on any atom is 0.132 e. The average molecular weight is 197 g/mol. The molecule has 1 aromatic heterocycles. The zero-order valence-corrected chi connectivity index (χ0v) is 9.11. The molecule has 4 heteroatoms. The van der Waals surface area contributed by atoms with Crippen LogP contribution in [0, 0.1) is 0 Å². The molecule has 0 fully saturated rings. The van der Waals surface area contributed by atoms with Crippen LogP contribution in [0.3, 0.4) is 0 Å². The largest absolute Gasteiger partial charge is 0.373 e. The molecule has 1 N–H and O–H groups in total. The third kappa shape index (κ3) is 2.88. The second-order valence-corrected chi connectivity index (χ2v) is 3.54. The summed E-state index contributed by atoms with van der Waals surface area (Å²) in [5.74, 6) is 1.83. The molecule has 0 bridgehead atoms. The molecular weight excluding hydrogens is 182 g/mol. The first-order valence-corrected chi connectivity index (χ1v) is 5.62. The van der Waals surface area contributed by atoms with Crippen molar-refractivity contribution in [3.05, 3.63) is 11.9 Å². The highest BCUT2D eigenvalue weighted by Gasteiger charge is 2.01. The van der Waals surface area contributed by atoms with Crippen molar-refractivity contribution in [2.24, 2.45) is 0 Å². The van der Waals surface area contributed by atoms with Crippen molar-refractivity contribution in [2.45, 2.75) is 24.8 Å². The molecule has 0 amide bonds. The van der Waals surface area contributed by atoms with Gasteiger partial charge in [0.25, 0.3) is 0 Å². The van der Waals surface area contributed by atoms with Crippen LogP contribution in [0.25, 0.3) is 0 Å². The minimum absolute atomic E-state index is 0.905. The molecule has 13 heavy (non-hydrogen) atoms. The quantitative estimate of drug-likeness (QED) is 0.593. The number of hydrogen-bond donors (Lipinski definition) is 1. The topological polar surface area (TPSA) is 37.8 Å². The first kappa shape index (κ1) is 10.3. The second-order valence-electron chi connectivity index (χ2n) is 2.71. The van der Waals surface area contributed by atoms with Gasteiger partial charge in [0.2, 0.25) is 0 Å². The van der Waals surface area contributed by atoms with Crippen LogP contribution in [-0.4, -0.2) is 23.3 Å². The summed E-state index contributed by atoms with van der Waals surface area (Å²) in [4.78, 5) is 8.76. The van der Waals surface area contributed by atoms with Gasteiger partial charge in [-0.25, -0.2) is 9.97 Å². The van der Waals surface area contributed by atoms with Gasteiger partial charge in [-0.05, 0) is 12.7 Å². The van der Waals surface area contributed by atoms with Gasteiger partial charge in [0.1, 0.15) is 16.7 Å². The third-order valence-corrected chi connectivity index (χ3v) is 2.32. The molecular formula is C9H15N3S. The summed E-state index contributed by atoms with van der Waals surface area (Å²) >= 11 is 1.65. The van der Waals surface area contributed by atoms with Crippen LogP contribution >= 0.6 is 11.8 Å². The summed E-state index contributed by atoms with van der Waals surface area (Å²) in [6.45, 7) is 2.13. The van der Waals surface area contributed by atoms with Crippen molar-refractivity contribution >= 4 is 17.6 Å². The van der Waals surface area contributed by atoms with Crippen LogP contribution in [0.2, 0.25) is 0 Å². The van der Waals surface area contributed by atoms with Crippen LogP contribution < -0.4 is 5.32 Å². The van der Waals surface area contributed by atoms with E-state index in [0.29, 0.717) is 0 Å². The summed E-state index contributed by atoms with van der Waals surface area (Å²) in [5, 5.41) is 4.07. The Labute approximate surface area is 83.4 Å². The Morgan fingerprint density at radius 1 is 1.46 bits per heavy atom. The lowest BCUT2D eigenvalue weighted by molar-refractivity contribution is 0.812. The minimum Gasteiger partial charge on any atom is -0.373 e. The lowest BCUT2D eigenvalue weighted by atomic mass is 10.3. The molecule has 0 saturated heterocycles. The van der Waals surface area contributed by atoms with E-state index >= 15 is 0 Å². The van der Waals surface area contributed by atoms with Crippen LogP contribution in [0.15, 0.2) is 11.1 Å². The van der Waals surface area contributed by atoms with Gasteiger partial charge in [-0.1, -0.05) is 6.92 Å². The Morgan fingerprint density at radius 2 is 2.23 bits per heavy atom. The van der Waals surface area contributed by atoms with Crippen LogP contribution in [-0.2, 0) is 6.42 Å². The van der Waals surface area contributed by atoms with E-state index in [-0.39, 0.29) is 0 Å². The zero-order valence-electron chi connectivity index (χ0n) is 8.29. The van der Waals surface area contributed by atoms with E-state index < -0.39 is 0 Å². The summed E-state index contributed by atoms with van der Waals surface area (Å²) in [7, 11) is 1.88. The first-order valence-electron chi connectivity index (χ1n) is 4.39. The molecule has 0 radical (unpaired) electrons. The minimum atomic E-state index is 0.905. The van der Waals surface area contributed by atoms with Gasteiger partial charge < -0.3 is 5.32 Å². The Bertz CT molecular complexity index is 253. The van der Waals surface area contributed by atoms with Gasteiger partial charge in [-0.15, -0.1) is 11.8 Å². The number of thioether (sulfide) groups is 1. The molecule has 0 atom stereocenters. The smallest absolute Gasteiger partial charge is 0.132 e. The zero-order chi connectivity index (χ0) is 9.68. The van der Waals surface area contributed by atoms with E-state index in [1.165, 1.54) is 0 Å². The molecule has 0 aliphatic heterocycles. The third-order valence-electron chi connectivity index (χ3n) is 1.69. The number of nitrogens with one attached hydrogen (secondary N) is 1. The van der Waals surface area contributed by atoms with Crippen molar-refractivity contribution < 1.29 is 0 Å². The molecule has 0 aromatic carbocycles. The summed E-state index contributed by atoms with van der Waals surface area (Å²) in [6.07, 6.45) is 4.06. The maximum atomic E-state index is 4.40. The van der Waals surface area contributed by atoms with E-state index in [1.807, 2.05) is 19.4 Å². The molecule has 72 valence electrons. The number of aryl methyl sites for hydroxylation is 1. The molecule has 0 aliphatic carbocycles.